The van der Waals surface area contributed by atoms with Gasteiger partial charge in [0.1, 0.15) is 19.8 Å². The van der Waals surface area contributed by atoms with Crippen LogP contribution in [0.5, 0.6) is 0 Å². The Balaban J connectivity index is 4.66. The third-order valence-corrected chi connectivity index (χ3v) is 10.0. The van der Waals surface area contributed by atoms with Crippen molar-refractivity contribution in [2.45, 2.75) is 173 Å². The Morgan fingerprint density at radius 2 is 1.18 bits per heavy atom. The maximum atomic E-state index is 12.7. The number of aliphatic hydroxyl groups excluding tert-OH is 2. The molecule has 0 heterocycles. The number of quaternary nitrogens is 1. The minimum Gasteiger partial charge on any atom is -0.462 e. The number of likely N-dealkylation sites (N-methyl/N-ethyl adjacent to an activating group) is 1. The van der Waals surface area contributed by atoms with Gasteiger partial charge in [0.05, 0.1) is 40.0 Å². The second kappa shape index (κ2) is 36.0. The van der Waals surface area contributed by atoms with Gasteiger partial charge in [0.25, 0.3) is 0 Å². The number of aliphatic hydroxyl groups is 2. The highest BCUT2D eigenvalue weighted by Crippen LogP contribution is 2.43. The molecular formula is C44H81NO10P+. The Labute approximate surface area is 340 Å². The summed E-state index contributed by atoms with van der Waals surface area (Å²) in [5, 5.41) is 20.3. The lowest BCUT2D eigenvalue weighted by molar-refractivity contribution is -0.870. The van der Waals surface area contributed by atoms with E-state index in [1.54, 1.807) is 36.5 Å². The van der Waals surface area contributed by atoms with E-state index in [9.17, 15) is 29.3 Å². The molecule has 0 aromatic carbocycles. The Morgan fingerprint density at radius 3 is 1.77 bits per heavy atom. The number of phosphoric acid groups is 1. The number of allylic oxidation sites excluding steroid dienone is 5. The van der Waals surface area contributed by atoms with Crippen LogP contribution in [-0.4, -0.2) is 97.3 Å². The van der Waals surface area contributed by atoms with Gasteiger partial charge in [-0.3, -0.25) is 18.6 Å². The van der Waals surface area contributed by atoms with Crippen molar-refractivity contribution in [3.05, 3.63) is 48.6 Å². The number of carbonyl (C=O) groups excluding carboxylic acids is 2. The number of hydrogen-bond acceptors (Lipinski definition) is 9. The number of phosphoric ester groups is 1. The summed E-state index contributed by atoms with van der Waals surface area (Å²) < 4.78 is 34.0. The van der Waals surface area contributed by atoms with Gasteiger partial charge in [0.2, 0.25) is 0 Å². The minimum atomic E-state index is -4.44. The molecule has 12 heteroatoms. The molecule has 0 aliphatic heterocycles. The Hall–Kier alpha value is -2.11. The number of rotatable bonds is 38. The van der Waals surface area contributed by atoms with Gasteiger partial charge in [0.15, 0.2) is 6.10 Å². The van der Waals surface area contributed by atoms with Crippen molar-refractivity contribution < 1.29 is 52.3 Å². The third kappa shape index (κ3) is 38.7. The molecule has 56 heavy (non-hydrogen) atoms. The minimum absolute atomic E-state index is 0.0145. The van der Waals surface area contributed by atoms with Gasteiger partial charge < -0.3 is 29.1 Å². The van der Waals surface area contributed by atoms with Gasteiger partial charge >= 0.3 is 19.8 Å². The molecule has 0 amide bonds. The lowest BCUT2D eigenvalue weighted by atomic mass is 10.0. The van der Waals surface area contributed by atoms with Gasteiger partial charge in [-0.2, -0.15) is 0 Å². The van der Waals surface area contributed by atoms with Crippen LogP contribution >= 0.6 is 7.82 Å². The van der Waals surface area contributed by atoms with Crippen LogP contribution in [0.3, 0.4) is 0 Å². The number of ether oxygens (including phenoxy) is 2. The summed E-state index contributed by atoms with van der Waals surface area (Å²) in [6, 6.07) is 0. The summed E-state index contributed by atoms with van der Waals surface area (Å²) in [6.45, 7) is 4.06. The molecular weight excluding hydrogens is 733 g/mol. The summed E-state index contributed by atoms with van der Waals surface area (Å²) in [7, 11) is 1.32. The molecule has 11 nitrogen and oxygen atoms in total. The molecule has 0 bridgehead atoms. The predicted octanol–water partition coefficient (Wildman–Crippen LogP) is 9.85. The van der Waals surface area contributed by atoms with E-state index in [4.69, 9.17) is 18.5 Å². The highest BCUT2D eigenvalue weighted by Gasteiger charge is 2.27. The highest BCUT2D eigenvalue weighted by molar-refractivity contribution is 7.47. The van der Waals surface area contributed by atoms with Crippen LogP contribution in [0.25, 0.3) is 0 Å². The van der Waals surface area contributed by atoms with Crippen LogP contribution < -0.4 is 0 Å². The van der Waals surface area contributed by atoms with Crippen molar-refractivity contribution in [2.24, 2.45) is 0 Å². The van der Waals surface area contributed by atoms with Crippen molar-refractivity contribution in [2.75, 3.05) is 47.5 Å². The molecule has 3 N–H and O–H groups in total. The van der Waals surface area contributed by atoms with Gasteiger partial charge in [-0.1, -0.05) is 152 Å². The van der Waals surface area contributed by atoms with E-state index in [1.165, 1.54) is 77.0 Å². The zero-order valence-electron chi connectivity index (χ0n) is 35.8. The van der Waals surface area contributed by atoms with Crippen LogP contribution in [0.4, 0.5) is 0 Å². The number of esters is 2. The van der Waals surface area contributed by atoms with Crippen LogP contribution in [0.15, 0.2) is 48.6 Å². The molecule has 0 rings (SSSR count). The SMILES string of the molecule is CCCCC/C=C\C[C@H](O)/C=C/C=C/C=C\[C@H](O)CCCC(=O)O[C@H](COC(=O)CCCCCCCCCCCCCCC)COP(=O)(O)OCC[N+](C)(C)C. The largest absolute Gasteiger partial charge is 0.472 e. The predicted molar refractivity (Wildman–Crippen MR) is 227 cm³/mol. The molecule has 0 aliphatic rings. The smallest absolute Gasteiger partial charge is 0.462 e. The first-order chi connectivity index (χ1) is 26.8. The standard InChI is InChI=1S/C44H80NO10P/c1-6-8-10-12-14-15-16-17-18-19-20-22-28-34-43(48)52-38-42(39-54-56(50,51)53-37-36-45(3,4)5)55-44(49)35-29-33-41(47)32-27-24-23-26-31-40(46)30-25-21-13-11-9-7-2/h21,23-27,31-32,40-42,46-47H,6-20,22,28-30,33-39H2,1-5H3/p+1/b24-23+,25-21-,31-26+,32-27-/t40-,41-,42+/m0/s1. The van der Waals surface area contributed by atoms with Crippen LogP contribution in [-0.2, 0) is 32.7 Å². The van der Waals surface area contributed by atoms with Gasteiger partial charge in [-0.15, -0.1) is 0 Å². The topological polar surface area (TPSA) is 149 Å². The molecule has 0 aliphatic carbocycles. The lowest BCUT2D eigenvalue weighted by Gasteiger charge is -2.24. The van der Waals surface area contributed by atoms with E-state index in [0.29, 0.717) is 36.7 Å². The van der Waals surface area contributed by atoms with Crippen molar-refractivity contribution in [3.63, 3.8) is 0 Å². The Morgan fingerprint density at radius 1 is 0.643 bits per heavy atom. The number of carbonyl (C=O) groups is 2. The molecule has 1 unspecified atom stereocenters. The van der Waals surface area contributed by atoms with Crippen LogP contribution in [0.2, 0.25) is 0 Å². The quantitative estimate of drug-likeness (QED) is 0.0137. The van der Waals surface area contributed by atoms with Crippen molar-refractivity contribution in [1.29, 1.82) is 0 Å². The van der Waals surface area contributed by atoms with E-state index >= 15 is 0 Å². The van der Waals surface area contributed by atoms with Crippen molar-refractivity contribution in [1.82, 2.24) is 0 Å². The van der Waals surface area contributed by atoms with Gasteiger partial charge in [-0.25, -0.2) is 4.57 Å². The average Bonchev–Trinajstić information content (AvgIpc) is 3.13. The summed E-state index contributed by atoms with van der Waals surface area (Å²) in [5.41, 5.74) is 0. The zero-order chi connectivity index (χ0) is 41.8. The summed E-state index contributed by atoms with van der Waals surface area (Å²) in [5.74, 6) is -1.04. The third-order valence-electron chi connectivity index (χ3n) is 9.05. The van der Waals surface area contributed by atoms with Crippen molar-refractivity contribution >= 4 is 19.8 Å². The molecule has 0 saturated heterocycles. The number of hydrogen-bond donors (Lipinski definition) is 3. The molecule has 0 fully saturated rings. The molecule has 326 valence electrons. The number of nitrogens with zero attached hydrogens (tertiary/aromatic N) is 1. The van der Waals surface area contributed by atoms with Crippen LogP contribution in [0.1, 0.15) is 155 Å². The first-order valence-corrected chi connectivity index (χ1v) is 23.1. The van der Waals surface area contributed by atoms with E-state index < -0.39 is 44.7 Å². The summed E-state index contributed by atoms with van der Waals surface area (Å²) in [4.78, 5) is 35.3. The first-order valence-electron chi connectivity index (χ1n) is 21.6. The average molecular weight is 815 g/mol. The zero-order valence-corrected chi connectivity index (χ0v) is 36.7. The molecule has 0 aromatic heterocycles. The fraction of sp³-hybridized carbons (Fsp3) is 0.773. The van der Waals surface area contributed by atoms with E-state index in [0.717, 1.165) is 25.7 Å². The normalized spacial score (nSPS) is 15.2. The second-order valence-electron chi connectivity index (χ2n) is 15.8. The van der Waals surface area contributed by atoms with E-state index in [-0.39, 0.29) is 26.1 Å². The number of unbranched alkanes of at least 4 members (excludes halogenated alkanes) is 15. The molecule has 0 spiro atoms. The maximum Gasteiger partial charge on any atom is 0.472 e. The Kier molecular flexibility index (Phi) is 34.6. The van der Waals surface area contributed by atoms with Crippen LogP contribution in [0, 0.1) is 0 Å². The van der Waals surface area contributed by atoms with E-state index in [2.05, 4.69) is 19.9 Å². The fourth-order valence-corrected chi connectivity index (χ4v) is 6.30. The summed E-state index contributed by atoms with van der Waals surface area (Å²) in [6.07, 6.45) is 33.6. The first kappa shape index (κ1) is 53.9. The lowest BCUT2D eigenvalue weighted by Crippen LogP contribution is -2.37. The van der Waals surface area contributed by atoms with Crippen molar-refractivity contribution in [3.8, 4) is 0 Å². The molecule has 0 radical (unpaired) electrons. The second-order valence-corrected chi connectivity index (χ2v) is 17.2. The van der Waals surface area contributed by atoms with Gasteiger partial charge in [0, 0.05) is 12.8 Å². The van der Waals surface area contributed by atoms with Gasteiger partial charge in [-0.05, 0) is 38.5 Å². The maximum absolute atomic E-state index is 12.7. The fourth-order valence-electron chi connectivity index (χ4n) is 5.56. The highest BCUT2D eigenvalue weighted by atomic mass is 31.2. The Bertz CT molecular complexity index is 1130. The van der Waals surface area contributed by atoms with E-state index in [1.807, 2.05) is 27.2 Å². The monoisotopic (exact) mass is 815 g/mol. The molecule has 4 atom stereocenters. The molecule has 0 aromatic rings. The molecule has 0 saturated carbocycles. The summed E-state index contributed by atoms with van der Waals surface area (Å²) >= 11 is 0.